The van der Waals surface area contributed by atoms with Crippen molar-refractivity contribution in [3.8, 4) is 0 Å². The standard InChI is InChI=1S/C13H27NO/c1-13(2,15-3)10-9-11-7-5-4-6-8-12(11)14/h11-12H,4-10,14H2,1-3H3. The first-order valence-corrected chi connectivity index (χ1v) is 6.36. The van der Waals surface area contributed by atoms with E-state index in [0.29, 0.717) is 6.04 Å². The molecule has 2 heteroatoms. The van der Waals surface area contributed by atoms with Crippen molar-refractivity contribution in [2.24, 2.45) is 11.7 Å². The Morgan fingerprint density at radius 2 is 1.87 bits per heavy atom. The molecule has 2 atom stereocenters. The summed E-state index contributed by atoms with van der Waals surface area (Å²) >= 11 is 0. The van der Waals surface area contributed by atoms with E-state index >= 15 is 0 Å². The van der Waals surface area contributed by atoms with Crippen molar-refractivity contribution < 1.29 is 4.74 Å². The van der Waals surface area contributed by atoms with Crippen LogP contribution in [0.5, 0.6) is 0 Å². The molecule has 90 valence electrons. The summed E-state index contributed by atoms with van der Waals surface area (Å²) in [6.45, 7) is 4.32. The van der Waals surface area contributed by atoms with E-state index in [2.05, 4.69) is 13.8 Å². The Morgan fingerprint density at radius 3 is 2.53 bits per heavy atom. The molecular weight excluding hydrogens is 186 g/mol. The van der Waals surface area contributed by atoms with Gasteiger partial charge in [-0.25, -0.2) is 0 Å². The molecule has 2 unspecified atom stereocenters. The Hall–Kier alpha value is -0.0800. The van der Waals surface area contributed by atoms with Crippen LogP contribution in [0.25, 0.3) is 0 Å². The Kier molecular flexibility index (Phi) is 5.07. The minimum atomic E-state index is 0.0199. The summed E-state index contributed by atoms with van der Waals surface area (Å²) in [4.78, 5) is 0. The van der Waals surface area contributed by atoms with Gasteiger partial charge in [0.2, 0.25) is 0 Å². The van der Waals surface area contributed by atoms with Crippen LogP contribution in [0.4, 0.5) is 0 Å². The highest BCUT2D eigenvalue weighted by molar-refractivity contribution is 4.79. The summed E-state index contributed by atoms with van der Waals surface area (Å²) in [6.07, 6.45) is 8.96. The Labute approximate surface area is 94.6 Å². The normalized spacial score (nSPS) is 28.8. The summed E-state index contributed by atoms with van der Waals surface area (Å²) in [6, 6.07) is 0.431. The molecule has 0 saturated heterocycles. The molecule has 0 radical (unpaired) electrons. The molecule has 0 aromatic heterocycles. The molecule has 1 rings (SSSR count). The molecular formula is C13H27NO. The third-order valence-electron chi connectivity index (χ3n) is 3.89. The van der Waals surface area contributed by atoms with Gasteiger partial charge in [-0.05, 0) is 45.4 Å². The summed E-state index contributed by atoms with van der Waals surface area (Å²) in [5, 5.41) is 0. The zero-order valence-corrected chi connectivity index (χ0v) is 10.6. The second-order valence-electron chi connectivity index (χ2n) is 5.56. The van der Waals surface area contributed by atoms with Crippen LogP contribution < -0.4 is 5.73 Å². The van der Waals surface area contributed by atoms with Crippen molar-refractivity contribution in [3.63, 3.8) is 0 Å². The van der Waals surface area contributed by atoms with E-state index < -0.39 is 0 Å². The quantitative estimate of drug-likeness (QED) is 0.728. The van der Waals surface area contributed by atoms with Crippen LogP contribution >= 0.6 is 0 Å². The highest BCUT2D eigenvalue weighted by atomic mass is 16.5. The van der Waals surface area contributed by atoms with Crippen LogP contribution in [0.1, 0.15) is 58.8 Å². The average Bonchev–Trinajstić information content (AvgIpc) is 2.40. The van der Waals surface area contributed by atoms with Crippen LogP contribution in [-0.2, 0) is 4.74 Å². The molecule has 15 heavy (non-hydrogen) atoms. The van der Waals surface area contributed by atoms with Crippen LogP contribution in [-0.4, -0.2) is 18.8 Å². The fourth-order valence-corrected chi connectivity index (χ4v) is 2.41. The molecule has 2 nitrogen and oxygen atoms in total. The van der Waals surface area contributed by atoms with Crippen LogP contribution in [0.3, 0.4) is 0 Å². The summed E-state index contributed by atoms with van der Waals surface area (Å²) in [5.74, 6) is 0.724. The van der Waals surface area contributed by atoms with Gasteiger partial charge >= 0.3 is 0 Å². The van der Waals surface area contributed by atoms with Crippen LogP contribution in [0.15, 0.2) is 0 Å². The number of hydrogen-bond acceptors (Lipinski definition) is 2. The van der Waals surface area contributed by atoms with E-state index in [1.165, 1.54) is 38.5 Å². The summed E-state index contributed by atoms with van der Waals surface area (Å²) < 4.78 is 5.45. The SMILES string of the molecule is COC(C)(C)CCC1CCCCCC1N. The second kappa shape index (κ2) is 5.86. The number of hydrogen-bond donors (Lipinski definition) is 1. The van der Waals surface area contributed by atoms with Crippen molar-refractivity contribution in [1.29, 1.82) is 0 Å². The van der Waals surface area contributed by atoms with Crippen molar-refractivity contribution in [1.82, 2.24) is 0 Å². The predicted octanol–water partition coefficient (Wildman–Crippen LogP) is 3.10. The van der Waals surface area contributed by atoms with Gasteiger partial charge in [0.05, 0.1) is 5.60 Å². The third kappa shape index (κ3) is 4.52. The monoisotopic (exact) mass is 213 g/mol. The Bertz CT molecular complexity index is 179. The maximum atomic E-state index is 6.21. The van der Waals surface area contributed by atoms with E-state index in [1.807, 2.05) is 0 Å². The maximum Gasteiger partial charge on any atom is 0.0622 e. The fourth-order valence-electron chi connectivity index (χ4n) is 2.41. The lowest BCUT2D eigenvalue weighted by molar-refractivity contribution is 0.00927. The highest BCUT2D eigenvalue weighted by Crippen LogP contribution is 2.28. The second-order valence-corrected chi connectivity index (χ2v) is 5.56. The van der Waals surface area contributed by atoms with Crippen LogP contribution in [0.2, 0.25) is 0 Å². The average molecular weight is 213 g/mol. The molecule has 2 N–H and O–H groups in total. The van der Waals surface area contributed by atoms with Gasteiger partial charge in [0.15, 0.2) is 0 Å². The largest absolute Gasteiger partial charge is 0.379 e. The molecule has 0 aromatic carbocycles. The first-order chi connectivity index (χ1) is 7.05. The van der Waals surface area contributed by atoms with Gasteiger partial charge in [-0.1, -0.05) is 19.3 Å². The maximum absolute atomic E-state index is 6.21. The molecule has 1 saturated carbocycles. The van der Waals surface area contributed by atoms with E-state index in [1.54, 1.807) is 7.11 Å². The van der Waals surface area contributed by atoms with Gasteiger partial charge in [0.1, 0.15) is 0 Å². The van der Waals surface area contributed by atoms with Gasteiger partial charge in [-0.2, -0.15) is 0 Å². The minimum Gasteiger partial charge on any atom is -0.379 e. The molecule has 1 fully saturated rings. The van der Waals surface area contributed by atoms with E-state index in [9.17, 15) is 0 Å². The van der Waals surface area contributed by atoms with Gasteiger partial charge in [-0.3, -0.25) is 0 Å². The predicted molar refractivity (Wildman–Crippen MR) is 64.9 cm³/mol. The molecule has 1 aliphatic carbocycles. The van der Waals surface area contributed by atoms with Crippen LogP contribution in [0, 0.1) is 5.92 Å². The lowest BCUT2D eigenvalue weighted by Crippen LogP contribution is -2.31. The summed E-state index contributed by atoms with van der Waals surface area (Å²) in [5.41, 5.74) is 6.23. The van der Waals surface area contributed by atoms with E-state index in [4.69, 9.17) is 10.5 Å². The molecule has 0 aliphatic heterocycles. The number of rotatable bonds is 4. The highest BCUT2D eigenvalue weighted by Gasteiger charge is 2.24. The lowest BCUT2D eigenvalue weighted by Gasteiger charge is -2.27. The fraction of sp³-hybridized carbons (Fsp3) is 1.00. The molecule has 0 heterocycles. The summed E-state index contributed by atoms with van der Waals surface area (Å²) in [7, 11) is 1.80. The van der Waals surface area contributed by atoms with Crippen molar-refractivity contribution in [2.45, 2.75) is 70.4 Å². The Morgan fingerprint density at radius 1 is 1.20 bits per heavy atom. The molecule has 0 spiro atoms. The van der Waals surface area contributed by atoms with Gasteiger partial charge in [0, 0.05) is 13.2 Å². The minimum absolute atomic E-state index is 0.0199. The van der Waals surface area contributed by atoms with E-state index in [-0.39, 0.29) is 5.60 Å². The Balaban J connectivity index is 2.35. The topological polar surface area (TPSA) is 35.2 Å². The van der Waals surface area contributed by atoms with Gasteiger partial charge in [-0.15, -0.1) is 0 Å². The first kappa shape index (κ1) is 13.0. The first-order valence-electron chi connectivity index (χ1n) is 6.36. The smallest absolute Gasteiger partial charge is 0.0622 e. The van der Waals surface area contributed by atoms with E-state index in [0.717, 1.165) is 12.3 Å². The third-order valence-corrected chi connectivity index (χ3v) is 3.89. The number of nitrogens with two attached hydrogens (primary N) is 1. The van der Waals surface area contributed by atoms with Crippen molar-refractivity contribution >= 4 is 0 Å². The van der Waals surface area contributed by atoms with Crippen molar-refractivity contribution in [3.05, 3.63) is 0 Å². The molecule has 0 aromatic rings. The zero-order valence-electron chi connectivity index (χ0n) is 10.6. The van der Waals surface area contributed by atoms with Gasteiger partial charge in [0.25, 0.3) is 0 Å². The lowest BCUT2D eigenvalue weighted by atomic mass is 9.87. The zero-order chi connectivity index (χ0) is 11.3. The van der Waals surface area contributed by atoms with Gasteiger partial charge < -0.3 is 10.5 Å². The molecule has 1 aliphatic rings. The molecule has 0 bridgehead atoms. The van der Waals surface area contributed by atoms with Crippen molar-refractivity contribution in [2.75, 3.05) is 7.11 Å². The number of methoxy groups -OCH3 is 1. The number of ether oxygens (including phenoxy) is 1. The molecule has 0 amide bonds.